The Bertz CT molecular complexity index is 952. The summed E-state index contributed by atoms with van der Waals surface area (Å²) in [5, 5.41) is 26.1. The third kappa shape index (κ3) is 5.21. The van der Waals surface area contributed by atoms with Crippen LogP contribution in [0.4, 0.5) is 11.4 Å². The number of thioether (sulfide) groups is 1. The normalized spacial score (nSPS) is 18.6. The number of hydrogen-bond donors (Lipinski definition) is 1. The Balaban J connectivity index is 1.82. The first-order chi connectivity index (χ1) is 14.3. The molecule has 30 heavy (non-hydrogen) atoms. The van der Waals surface area contributed by atoms with E-state index < -0.39 is 27.1 Å². The smallest absolute Gasteiger partial charge is 0.277 e. The van der Waals surface area contributed by atoms with E-state index in [2.05, 4.69) is 5.32 Å². The molecule has 3 rings (SSSR count). The van der Waals surface area contributed by atoms with Crippen molar-refractivity contribution in [2.45, 2.75) is 41.9 Å². The van der Waals surface area contributed by atoms with Crippen LogP contribution in [0.3, 0.4) is 0 Å². The monoisotopic (exact) mass is 469 g/mol. The predicted octanol–water partition coefficient (Wildman–Crippen LogP) is 5.64. The van der Waals surface area contributed by atoms with Gasteiger partial charge in [-0.2, -0.15) is 0 Å². The zero-order valence-electron chi connectivity index (χ0n) is 15.5. The zero-order chi connectivity index (χ0) is 21.8. The number of carbonyl (C=O) groups excluding carboxylic acids is 1. The highest BCUT2D eigenvalue weighted by atomic mass is 35.5. The van der Waals surface area contributed by atoms with Gasteiger partial charge in [0, 0.05) is 28.3 Å². The van der Waals surface area contributed by atoms with Crippen molar-refractivity contribution in [3.05, 3.63) is 72.2 Å². The highest BCUT2D eigenvalue weighted by Gasteiger charge is 2.30. The van der Waals surface area contributed by atoms with E-state index in [0.29, 0.717) is 16.5 Å². The first-order valence-electron chi connectivity index (χ1n) is 9.11. The Morgan fingerprint density at radius 3 is 2.13 bits per heavy atom. The summed E-state index contributed by atoms with van der Waals surface area (Å²) in [5.74, 6) is -0.593. The van der Waals surface area contributed by atoms with Gasteiger partial charge in [0.25, 0.3) is 17.3 Å². The number of non-ortho nitro benzene ring substituents is 2. The molecule has 2 aromatic rings. The fourth-order valence-electron chi connectivity index (χ4n) is 3.34. The summed E-state index contributed by atoms with van der Waals surface area (Å²) < 4.78 is 0. The first kappa shape index (κ1) is 22.3. The van der Waals surface area contributed by atoms with E-state index in [1.165, 1.54) is 11.8 Å². The SMILES string of the molecule is O=C(N[C@@H]1CCCC[C@H]1Sc1c(Cl)cccc1Cl)c1cc([N+](=O)[O-])cc([N+](=O)[O-])c1. The van der Waals surface area contributed by atoms with Crippen LogP contribution in [-0.2, 0) is 0 Å². The number of nitrogens with zero attached hydrogens (tertiary/aromatic N) is 2. The van der Waals surface area contributed by atoms with E-state index in [9.17, 15) is 25.0 Å². The van der Waals surface area contributed by atoms with Gasteiger partial charge in [0.1, 0.15) is 0 Å². The molecule has 1 saturated carbocycles. The molecule has 0 bridgehead atoms. The molecule has 1 aliphatic rings. The Morgan fingerprint density at radius 1 is 1.00 bits per heavy atom. The molecule has 158 valence electrons. The average molecular weight is 470 g/mol. The van der Waals surface area contributed by atoms with Crippen molar-refractivity contribution in [2.24, 2.45) is 0 Å². The van der Waals surface area contributed by atoms with Crippen molar-refractivity contribution in [3.63, 3.8) is 0 Å². The number of nitrogens with one attached hydrogen (secondary N) is 1. The number of rotatable bonds is 6. The maximum Gasteiger partial charge on any atom is 0.277 e. The number of amides is 1. The van der Waals surface area contributed by atoms with Crippen LogP contribution in [-0.4, -0.2) is 27.0 Å². The molecule has 0 heterocycles. The van der Waals surface area contributed by atoms with Gasteiger partial charge in [-0.3, -0.25) is 25.0 Å². The predicted molar refractivity (Wildman–Crippen MR) is 116 cm³/mol. The van der Waals surface area contributed by atoms with Gasteiger partial charge in [-0.1, -0.05) is 42.1 Å². The molecule has 2 atom stereocenters. The lowest BCUT2D eigenvalue weighted by atomic mass is 9.94. The summed E-state index contributed by atoms with van der Waals surface area (Å²) in [6.07, 6.45) is 3.43. The van der Waals surface area contributed by atoms with Crippen molar-refractivity contribution in [3.8, 4) is 0 Å². The fourth-order valence-corrected chi connectivity index (χ4v) is 5.32. The molecule has 0 aromatic heterocycles. The summed E-state index contributed by atoms with van der Waals surface area (Å²) in [4.78, 5) is 34.2. The minimum Gasteiger partial charge on any atom is -0.348 e. The zero-order valence-corrected chi connectivity index (χ0v) is 17.9. The maximum atomic E-state index is 12.8. The number of halogens is 2. The molecule has 0 spiro atoms. The van der Waals surface area contributed by atoms with Gasteiger partial charge < -0.3 is 5.32 Å². The number of hydrogen-bond acceptors (Lipinski definition) is 6. The van der Waals surface area contributed by atoms with Gasteiger partial charge in [-0.05, 0) is 25.0 Å². The molecular formula is C19H17Cl2N3O5S. The van der Waals surface area contributed by atoms with Gasteiger partial charge in [0.05, 0.1) is 31.5 Å². The molecule has 2 aromatic carbocycles. The Morgan fingerprint density at radius 2 is 1.57 bits per heavy atom. The fraction of sp³-hybridized carbons (Fsp3) is 0.316. The van der Waals surface area contributed by atoms with Crippen LogP contribution >= 0.6 is 35.0 Å². The third-order valence-corrected chi connectivity index (χ3v) is 7.19. The molecule has 0 aliphatic heterocycles. The van der Waals surface area contributed by atoms with E-state index >= 15 is 0 Å². The van der Waals surface area contributed by atoms with Crippen molar-refractivity contribution in [1.82, 2.24) is 5.32 Å². The molecule has 0 saturated heterocycles. The maximum absolute atomic E-state index is 12.8. The minimum absolute atomic E-state index is 0.00576. The Kier molecular flexibility index (Phi) is 7.17. The Labute approximate surface area is 186 Å². The average Bonchev–Trinajstić information content (AvgIpc) is 2.71. The number of carbonyl (C=O) groups is 1. The molecule has 11 heteroatoms. The van der Waals surface area contributed by atoms with Gasteiger partial charge in [0.2, 0.25) is 0 Å². The summed E-state index contributed by atoms with van der Waals surface area (Å²) in [6.45, 7) is 0. The standard InChI is InChI=1S/C19H17Cl2N3O5S/c20-14-4-3-5-15(21)18(14)30-17-7-2-1-6-16(17)22-19(25)11-8-12(23(26)27)10-13(9-11)24(28)29/h3-5,8-10,16-17H,1-2,6-7H2,(H,22,25)/t16-,17-/m1/s1. The van der Waals surface area contributed by atoms with Gasteiger partial charge in [-0.25, -0.2) is 0 Å². The van der Waals surface area contributed by atoms with Crippen molar-refractivity contribution >= 4 is 52.2 Å². The van der Waals surface area contributed by atoms with E-state index in [0.717, 1.165) is 42.4 Å². The van der Waals surface area contributed by atoms with Crippen molar-refractivity contribution in [2.75, 3.05) is 0 Å². The minimum atomic E-state index is -0.761. The second-order valence-corrected chi connectivity index (χ2v) is 8.89. The van der Waals surface area contributed by atoms with Gasteiger partial charge in [-0.15, -0.1) is 11.8 Å². The largest absolute Gasteiger partial charge is 0.348 e. The van der Waals surface area contributed by atoms with E-state index in [4.69, 9.17) is 23.2 Å². The molecule has 0 unspecified atom stereocenters. The molecule has 1 N–H and O–H groups in total. The summed E-state index contributed by atoms with van der Waals surface area (Å²) in [6, 6.07) is 7.92. The lowest BCUT2D eigenvalue weighted by molar-refractivity contribution is -0.394. The van der Waals surface area contributed by atoms with E-state index in [1.807, 2.05) is 0 Å². The second-order valence-electron chi connectivity index (χ2n) is 6.82. The lowest BCUT2D eigenvalue weighted by Gasteiger charge is -2.32. The molecule has 1 aliphatic carbocycles. The Hall–Kier alpha value is -2.36. The quantitative estimate of drug-likeness (QED) is 0.431. The molecular weight excluding hydrogens is 453 g/mol. The van der Waals surface area contributed by atoms with Crippen LogP contribution in [0.1, 0.15) is 36.0 Å². The number of nitro groups is 2. The molecule has 1 fully saturated rings. The lowest BCUT2D eigenvalue weighted by Crippen LogP contribution is -2.43. The summed E-state index contributed by atoms with van der Waals surface area (Å²) >= 11 is 14.0. The highest BCUT2D eigenvalue weighted by Crippen LogP contribution is 2.41. The summed E-state index contributed by atoms with van der Waals surface area (Å²) in [5.41, 5.74) is -1.14. The van der Waals surface area contributed by atoms with Crippen LogP contribution in [0.15, 0.2) is 41.3 Å². The number of nitro benzene ring substituents is 2. The van der Waals surface area contributed by atoms with Crippen molar-refractivity contribution < 1.29 is 14.6 Å². The van der Waals surface area contributed by atoms with Crippen LogP contribution in [0.2, 0.25) is 10.0 Å². The van der Waals surface area contributed by atoms with Crippen LogP contribution < -0.4 is 5.32 Å². The van der Waals surface area contributed by atoms with Crippen molar-refractivity contribution in [1.29, 1.82) is 0 Å². The van der Waals surface area contributed by atoms with Crippen LogP contribution in [0.25, 0.3) is 0 Å². The number of benzene rings is 2. The van der Waals surface area contributed by atoms with Gasteiger partial charge >= 0.3 is 0 Å². The van der Waals surface area contributed by atoms with Crippen LogP contribution in [0, 0.1) is 20.2 Å². The topological polar surface area (TPSA) is 115 Å². The van der Waals surface area contributed by atoms with Crippen LogP contribution in [0.5, 0.6) is 0 Å². The second kappa shape index (κ2) is 9.63. The molecule has 8 nitrogen and oxygen atoms in total. The van der Waals surface area contributed by atoms with E-state index in [1.54, 1.807) is 18.2 Å². The summed E-state index contributed by atoms with van der Waals surface area (Å²) in [7, 11) is 0. The van der Waals surface area contributed by atoms with E-state index in [-0.39, 0.29) is 16.9 Å². The molecule has 0 radical (unpaired) electrons. The molecule has 1 amide bonds. The van der Waals surface area contributed by atoms with Gasteiger partial charge in [0.15, 0.2) is 0 Å². The third-order valence-electron chi connectivity index (χ3n) is 4.79. The highest BCUT2D eigenvalue weighted by molar-refractivity contribution is 8.00. The first-order valence-corrected chi connectivity index (χ1v) is 10.7.